The molecular formula is C13H11ClFN3O. The van der Waals surface area contributed by atoms with E-state index in [9.17, 15) is 9.18 Å². The highest BCUT2D eigenvalue weighted by Gasteiger charge is 2.27. The second-order valence-electron chi connectivity index (χ2n) is 4.71. The van der Waals surface area contributed by atoms with E-state index >= 15 is 0 Å². The topological polar surface area (TPSA) is 47.8 Å². The molecule has 0 bridgehead atoms. The molecule has 0 radical (unpaired) electrons. The average Bonchev–Trinajstić information content (AvgIpc) is 3.08. The van der Waals surface area contributed by atoms with Gasteiger partial charge in [0.1, 0.15) is 12.1 Å². The predicted octanol–water partition coefficient (Wildman–Crippen LogP) is 2.97. The average molecular weight is 280 g/mol. The van der Waals surface area contributed by atoms with Crippen molar-refractivity contribution < 1.29 is 9.18 Å². The van der Waals surface area contributed by atoms with Crippen molar-refractivity contribution in [1.29, 1.82) is 0 Å². The molecule has 19 heavy (non-hydrogen) atoms. The number of benzene rings is 1. The lowest BCUT2D eigenvalue weighted by Crippen LogP contribution is -2.03. The second-order valence-corrected chi connectivity index (χ2v) is 5.06. The van der Waals surface area contributed by atoms with Gasteiger partial charge in [0.2, 0.25) is 0 Å². The number of halogens is 2. The fourth-order valence-corrected chi connectivity index (χ4v) is 2.12. The van der Waals surface area contributed by atoms with Crippen molar-refractivity contribution in [2.75, 3.05) is 0 Å². The molecule has 0 saturated heterocycles. The summed E-state index contributed by atoms with van der Waals surface area (Å²) < 4.78 is 15.2. The number of carbonyl (C=O) groups is 1. The minimum absolute atomic E-state index is 0.147. The summed E-state index contributed by atoms with van der Waals surface area (Å²) in [5.74, 6) is 0.613. The summed E-state index contributed by atoms with van der Waals surface area (Å²) in [6.45, 7) is 1.75. The number of rotatable bonds is 3. The molecule has 0 amide bonds. The Morgan fingerprint density at radius 3 is 2.84 bits per heavy atom. The Kier molecular flexibility index (Phi) is 2.86. The van der Waals surface area contributed by atoms with Gasteiger partial charge in [-0.2, -0.15) is 5.10 Å². The first kappa shape index (κ1) is 12.3. The zero-order valence-corrected chi connectivity index (χ0v) is 11.0. The van der Waals surface area contributed by atoms with Crippen molar-refractivity contribution in [2.45, 2.75) is 25.7 Å². The van der Waals surface area contributed by atoms with Crippen LogP contribution in [0.5, 0.6) is 0 Å². The largest absolute Gasteiger partial charge is 0.275 e. The first-order chi connectivity index (χ1) is 9.06. The van der Waals surface area contributed by atoms with Crippen LogP contribution in [0.1, 0.15) is 40.5 Å². The lowest BCUT2D eigenvalue weighted by atomic mass is 10.1. The molecule has 1 heterocycles. The van der Waals surface area contributed by atoms with E-state index < -0.39 is 11.1 Å². The molecule has 1 aromatic heterocycles. The van der Waals surface area contributed by atoms with E-state index in [0.717, 1.165) is 18.7 Å². The van der Waals surface area contributed by atoms with Gasteiger partial charge in [0.05, 0.1) is 11.3 Å². The fraction of sp³-hybridized carbons (Fsp3) is 0.308. The van der Waals surface area contributed by atoms with Crippen LogP contribution in [0.3, 0.4) is 0 Å². The molecular weight excluding hydrogens is 269 g/mol. The number of aromatic nitrogens is 3. The number of hydrogen-bond acceptors (Lipinski definition) is 3. The van der Waals surface area contributed by atoms with Crippen molar-refractivity contribution in [2.24, 2.45) is 0 Å². The third-order valence-electron chi connectivity index (χ3n) is 3.20. The van der Waals surface area contributed by atoms with E-state index in [2.05, 4.69) is 10.1 Å². The molecule has 1 aromatic carbocycles. The predicted molar refractivity (Wildman–Crippen MR) is 68.2 cm³/mol. The molecule has 98 valence electrons. The summed E-state index contributed by atoms with van der Waals surface area (Å²) in [5, 5.41) is 3.54. The summed E-state index contributed by atoms with van der Waals surface area (Å²) in [5.41, 5.74) is 1.14. The van der Waals surface area contributed by atoms with E-state index in [-0.39, 0.29) is 5.56 Å². The Morgan fingerprint density at radius 1 is 1.47 bits per heavy atom. The Morgan fingerprint density at radius 2 is 2.21 bits per heavy atom. The maximum atomic E-state index is 13.6. The Hall–Kier alpha value is -1.75. The maximum Gasteiger partial charge on any atom is 0.255 e. The summed E-state index contributed by atoms with van der Waals surface area (Å²) >= 11 is 5.36. The fourth-order valence-electron chi connectivity index (χ4n) is 1.98. The standard InChI is InChI=1S/C13H11ClFN3O/c1-7-4-10(15)9(12(14)19)5-11(7)18-6-16-13(17-18)8-2-3-8/h4-6,8H,2-3H2,1H3. The molecule has 0 aliphatic heterocycles. The van der Waals surface area contributed by atoms with Crippen LogP contribution in [0, 0.1) is 12.7 Å². The van der Waals surface area contributed by atoms with E-state index in [1.54, 1.807) is 17.9 Å². The molecule has 1 fully saturated rings. The van der Waals surface area contributed by atoms with E-state index in [1.807, 2.05) is 0 Å². The molecule has 6 heteroatoms. The molecule has 1 aliphatic carbocycles. The molecule has 3 rings (SSSR count). The van der Waals surface area contributed by atoms with E-state index in [0.29, 0.717) is 17.2 Å². The normalized spacial score (nSPS) is 14.7. The number of hydrogen-bond donors (Lipinski definition) is 0. The molecule has 4 nitrogen and oxygen atoms in total. The lowest BCUT2D eigenvalue weighted by molar-refractivity contribution is 0.107. The van der Waals surface area contributed by atoms with Crippen LogP contribution in [0.15, 0.2) is 18.5 Å². The van der Waals surface area contributed by atoms with Crippen LogP contribution in [0.2, 0.25) is 0 Å². The molecule has 0 atom stereocenters. The van der Waals surface area contributed by atoms with Crippen molar-refractivity contribution in [3.8, 4) is 5.69 Å². The van der Waals surface area contributed by atoms with Crippen LogP contribution in [-0.2, 0) is 0 Å². The molecule has 0 unspecified atom stereocenters. The number of aryl methyl sites for hydroxylation is 1. The van der Waals surface area contributed by atoms with Gasteiger partial charge in [0.25, 0.3) is 5.24 Å². The van der Waals surface area contributed by atoms with Gasteiger partial charge in [-0.3, -0.25) is 4.79 Å². The second kappa shape index (κ2) is 4.42. The number of nitrogens with zero attached hydrogens (tertiary/aromatic N) is 3. The van der Waals surface area contributed by atoms with Crippen molar-refractivity contribution in [3.05, 3.63) is 41.2 Å². The van der Waals surface area contributed by atoms with Gasteiger partial charge in [-0.1, -0.05) is 0 Å². The molecule has 0 N–H and O–H groups in total. The minimum atomic E-state index is -0.818. The minimum Gasteiger partial charge on any atom is -0.275 e. The third-order valence-corrected chi connectivity index (χ3v) is 3.40. The Bertz CT molecular complexity index is 664. The Labute approximate surface area is 114 Å². The van der Waals surface area contributed by atoms with Crippen LogP contribution < -0.4 is 0 Å². The SMILES string of the molecule is Cc1cc(F)c(C(=O)Cl)cc1-n1cnc(C2CC2)n1. The highest BCUT2D eigenvalue weighted by atomic mass is 35.5. The van der Waals surface area contributed by atoms with Gasteiger partial charge < -0.3 is 0 Å². The highest BCUT2D eigenvalue weighted by Crippen LogP contribution is 2.38. The summed E-state index contributed by atoms with van der Waals surface area (Å²) in [4.78, 5) is 15.4. The van der Waals surface area contributed by atoms with Gasteiger partial charge >= 0.3 is 0 Å². The van der Waals surface area contributed by atoms with Crippen LogP contribution in [0.25, 0.3) is 5.69 Å². The van der Waals surface area contributed by atoms with Gasteiger partial charge in [-0.05, 0) is 49.1 Å². The zero-order chi connectivity index (χ0) is 13.6. The first-order valence-corrected chi connectivity index (χ1v) is 6.36. The summed E-state index contributed by atoms with van der Waals surface area (Å²) in [6.07, 6.45) is 3.80. The molecule has 0 spiro atoms. The van der Waals surface area contributed by atoms with Crippen molar-refractivity contribution in [1.82, 2.24) is 14.8 Å². The number of carbonyl (C=O) groups excluding carboxylic acids is 1. The van der Waals surface area contributed by atoms with Gasteiger partial charge in [0, 0.05) is 5.92 Å². The monoisotopic (exact) mass is 279 g/mol. The van der Waals surface area contributed by atoms with Crippen LogP contribution in [-0.4, -0.2) is 20.0 Å². The van der Waals surface area contributed by atoms with E-state index in [4.69, 9.17) is 11.6 Å². The van der Waals surface area contributed by atoms with Crippen LogP contribution >= 0.6 is 11.6 Å². The van der Waals surface area contributed by atoms with Crippen molar-refractivity contribution in [3.63, 3.8) is 0 Å². The van der Waals surface area contributed by atoms with E-state index in [1.165, 1.54) is 12.1 Å². The summed E-state index contributed by atoms with van der Waals surface area (Å²) in [7, 11) is 0. The molecule has 1 aliphatic rings. The lowest BCUT2D eigenvalue weighted by Gasteiger charge is -2.07. The van der Waals surface area contributed by atoms with Gasteiger partial charge in [-0.15, -0.1) is 0 Å². The quantitative estimate of drug-likeness (QED) is 0.812. The molecule has 1 saturated carbocycles. The van der Waals surface area contributed by atoms with Gasteiger partial charge in [0.15, 0.2) is 5.82 Å². The maximum absolute atomic E-state index is 13.6. The summed E-state index contributed by atoms with van der Waals surface area (Å²) in [6, 6.07) is 2.69. The highest BCUT2D eigenvalue weighted by molar-refractivity contribution is 6.67. The zero-order valence-electron chi connectivity index (χ0n) is 10.2. The van der Waals surface area contributed by atoms with Crippen LogP contribution in [0.4, 0.5) is 4.39 Å². The third kappa shape index (κ3) is 2.26. The van der Waals surface area contributed by atoms with Crippen molar-refractivity contribution >= 4 is 16.8 Å². The van der Waals surface area contributed by atoms with Gasteiger partial charge in [-0.25, -0.2) is 14.1 Å². The molecule has 2 aromatic rings. The first-order valence-electron chi connectivity index (χ1n) is 5.98. The smallest absolute Gasteiger partial charge is 0.255 e. The Balaban J connectivity index is 2.07.